The number of aromatic nitrogens is 1. The van der Waals surface area contributed by atoms with Gasteiger partial charge in [-0.15, -0.1) is 0 Å². The second kappa shape index (κ2) is 4.93. The zero-order valence-corrected chi connectivity index (χ0v) is 8.76. The number of ether oxygens (including phenoxy) is 1. The Hall–Kier alpha value is -1.13. The van der Waals surface area contributed by atoms with Crippen LogP contribution in [0.25, 0.3) is 0 Å². The van der Waals surface area contributed by atoms with Crippen LogP contribution >= 0.6 is 11.6 Å². The number of pyridine rings is 1. The van der Waals surface area contributed by atoms with Crippen molar-refractivity contribution in [3.63, 3.8) is 0 Å². The van der Waals surface area contributed by atoms with Crippen LogP contribution in [-0.2, 0) is 9.53 Å². The van der Waals surface area contributed by atoms with Gasteiger partial charge in [-0.25, -0.2) is 4.98 Å². The van der Waals surface area contributed by atoms with Crippen LogP contribution in [0.15, 0.2) is 12.3 Å². The van der Waals surface area contributed by atoms with E-state index in [1.165, 1.54) is 7.11 Å². The Balaban J connectivity index is 2.75. The molecule has 0 aliphatic rings. The third-order valence-corrected chi connectivity index (χ3v) is 1.83. The van der Waals surface area contributed by atoms with Crippen molar-refractivity contribution in [1.82, 2.24) is 4.98 Å². The normalized spacial score (nSPS) is 9.93. The van der Waals surface area contributed by atoms with Crippen LogP contribution < -0.4 is 5.32 Å². The van der Waals surface area contributed by atoms with Gasteiger partial charge in [0, 0.05) is 13.3 Å². The van der Waals surface area contributed by atoms with Crippen molar-refractivity contribution in [2.75, 3.05) is 19.0 Å². The highest BCUT2D eigenvalue weighted by Crippen LogP contribution is 2.19. The number of carbonyl (C=O) groups is 1. The molecule has 1 aromatic rings. The van der Waals surface area contributed by atoms with Crippen LogP contribution in [-0.4, -0.2) is 24.6 Å². The molecule has 0 unspecified atom stereocenters. The second-order valence-corrected chi connectivity index (χ2v) is 3.19. The molecule has 1 aromatic heterocycles. The lowest BCUT2D eigenvalue weighted by Crippen LogP contribution is -2.17. The summed E-state index contributed by atoms with van der Waals surface area (Å²) in [6.07, 6.45) is 1.63. The minimum atomic E-state index is -0.248. The molecule has 4 nitrogen and oxygen atoms in total. The second-order valence-electron chi connectivity index (χ2n) is 2.83. The lowest BCUT2D eigenvalue weighted by atomic mass is 10.3. The molecule has 76 valence electrons. The molecular weight excluding hydrogens is 204 g/mol. The Labute approximate surface area is 87.2 Å². The largest absolute Gasteiger partial charge is 0.375 e. The molecule has 0 aromatic carbocycles. The number of nitrogens with one attached hydrogen (secondary N) is 1. The van der Waals surface area contributed by atoms with Crippen molar-refractivity contribution in [3.8, 4) is 0 Å². The molecule has 0 saturated heterocycles. The number of anilines is 1. The van der Waals surface area contributed by atoms with Crippen molar-refractivity contribution in [2.24, 2.45) is 0 Å². The number of halogens is 1. The van der Waals surface area contributed by atoms with Crippen LogP contribution in [0, 0.1) is 6.92 Å². The van der Waals surface area contributed by atoms with Crippen molar-refractivity contribution in [1.29, 1.82) is 0 Å². The van der Waals surface area contributed by atoms with Gasteiger partial charge in [0.05, 0.1) is 5.69 Å². The maximum atomic E-state index is 11.2. The summed E-state index contributed by atoms with van der Waals surface area (Å²) in [6, 6.07) is 1.75. The molecule has 0 aliphatic carbocycles. The van der Waals surface area contributed by atoms with Gasteiger partial charge in [0.15, 0.2) is 5.15 Å². The first-order valence-electron chi connectivity index (χ1n) is 4.04. The zero-order chi connectivity index (χ0) is 10.6. The van der Waals surface area contributed by atoms with Crippen LogP contribution in [0.4, 0.5) is 5.69 Å². The van der Waals surface area contributed by atoms with E-state index >= 15 is 0 Å². The van der Waals surface area contributed by atoms with Crippen LogP contribution in [0.5, 0.6) is 0 Å². The fourth-order valence-corrected chi connectivity index (χ4v) is 1.11. The number of nitrogens with zero attached hydrogens (tertiary/aromatic N) is 1. The first-order chi connectivity index (χ1) is 6.63. The molecule has 1 rings (SSSR count). The average molecular weight is 215 g/mol. The lowest BCUT2D eigenvalue weighted by Gasteiger charge is -2.06. The molecule has 1 heterocycles. The lowest BCUT2D eigenvalue weighted by molar-refractivity contribution is -0.119. The number of amides is 1. The molecule has 1 amide bonds. The summed E-state index contributed by atoms with van der Waals surface area (Å²) in [5.41, 5.74) is 1.44. The minimum Gasteiger partial charge on any atom is -0.375 e. The van der Waals surface area contributed by atoms with E-state index in [1.54, 1.807) is 12.3 Å². The molecule has 0 saturated carbocycles. The Morgan fingerprint density at radius 2 is 2.43 bits per heavy atom. The number of methoxy groups -OCH3 is 1. The van der Waals surface area contributed by atoms with Gasteiger partial charge in [-0.3, -0.25) is 4.79 Å². The third kappa shape index (κ3) is 2.97. The molecule has 0 aliphatic heterocycles. The quantitative estimate of drug-likeness (QED) is 0.779. The predicted octanol–water partition coefficient (Wildman–Crippen LogP) is 1.63. The van der Waals surface area contributed by atoms with E-state index < -0.39 is 0 Å². The van der Waals surface area contributed by atoms with Crippen molar-refractivity contribution in [3.05, 3.63) is 23.0 Å². The summed E-state index contributed by atoms with van der Waals surface area (Å²) in [6.45, 7) is 1.87. The van der Waals surface area contributed by atoms with Gasteiger partial charge in [0.25, 0.3) is 0 Å². The van der Waals surface area contributed by atoms with Crippen molar-refractivity contribution >= 4 is 23.2 Å². The molecule has 0 spiro atoms. The van der Waals surface area contributed by atoms with E-state index in [0.29, 0.717) is 5.69 Å². The Bertz CT molecular complexity index is 342. The van der Waals surface area contributed by atoms with Gasteiger partial charge >= 0.3 is 0 Å². The van der Waals surface area contributed by atoms with Crippen LogP contribution in [0.1, 0.15) is 5.56 Å². The molecule has 5 heteroatoms. The first-order valence-corrected chi connectivity index (χ1v) is 4.42. The Kier molecular flexibility index (Phi) is 3.85. The fourth-order valence-electron chi connectivity index (χ4n) is 0.958. The smallest absolute Gasteiger partial charge is 0.250 e. The van der Waals surface area contributed by atoms with Crippen molar-refractivity contribution < 1.29 is 9.53 Å². The Morgan fingerprint density at radius 3 is 3.07 bits per heavy atom. The summed E-state index contributed by atoms with van der Waals surface area (Å²) in [5, 5.41) is 2.87. The maximum absolute atomic E-state index is 11.2. The van der Waals surface area contributed by atoms with E-state index in [9.17, 15) is 4.79 Å². The molecule has 1 N–H and O–H groups in total. The molecule has 0 bridgehead atoms. The van der Waals surface area contributed by atoms with Gasteiger partial charge in [-0.1, -0.05) is 11.6 Å². The first kappa shape index (κ1) is 10.9. The summed E-state index contributed by atoms with van der Waals surface area (Å²) in [4.78, 5) is 15.1. The van der Waals surface area contributed by atoms with Crippen molar-refractivity contribution in [2.45, 2.75) is 6.92 Å². The number of hydrogen-bond donors (Lipinski definition) is 1. The fraction of sp³-hybridized carbons (Fsp3) is 0.333. The molecule has 0 atom stereocenters. The summed E-state index contributed by atoms with van der Waals surface area (Å²) >= 11 is 5.77. The van der Waals surface area contributed by atoms with E-state index in [2.05, 4.69) is 15.0 Å². The topological polar surface area (TPSA) is 51.2 Å². The molecule has 0 radical (unpaired) electrons. The number of hydrogen-bond acceptors (Lipinski definition) is 3. The average Bonchev–Trinajstić information content (AvgIpc) is 2.12. The summed E-state index contributed by atoms with van der Waals surface area (Å²) < 4.78 is 4.67. The van der Waals surface area contributed by atoms with E-state index in [1.807, 2.05) is 6.92 Å². The molecule has 14 heavy (non-hydrogen) atoms. The van der Waals surface area contributed by atoms with Gasteiger partial charge in [0.1, 0.15) is 6.61 Å². The third-order valence-electron chi connectivity index (χ3n) is 1.53. The highest BCUT2D eigenvalue weighted by atomic mass is 35.5. The minimum absolute atomic E-state index is 0.00424. The Morgan fingerprint density at radius 1 is 1.71 bits per heavy atom. The highest BCUT2D eigenvalue weighted by Gasteiger charge is 2.05. The van der Waals surface area contributed by atoms with Gasteiger partial charge in [0.2, 0.25) is 5.91 Å². The number of aryl methyl sites for hydroxylation is 1. The molecular formula is C9H11ClN2O2. The SMILES string of the molecule is COCC(=O)Nc1cc(C)cnc1Cl. The van der Waals surface area contributed by atoms with Gasteiger partial charge in [-0.05, 0) is 18.6 Å². The van der Waals surface area contributed by atoms with Crippen LogP contribution in [0.3, 0.4) is 0 Å². The van der Waals surface area contributed by atoms with E-state index in [0.717, 1.165) is 5.56 Å². The highest BCUT2D eigenvalue weighted by molar-refractivity contribution is 6.32. The standard InChI is InChI=1S/C9H11ClN2O2/c1-6-3-7(9(10)11-4-6)12-8(13)5-14-2/h3-4H,5H2,1-2H3,(H,12,13). The van der Waals surface area contributed by atoms with E-state index in [4.69, 9.17) is 11.6 Å². The number of rotatable bonds is 3. The molecule has 0 fully saturated rings. The van der Waals surface area contributed by atoms with Crippen LogP contribution in [0.2, 0.25) is 5.15 Å². The van der Waals surface area contributed by atoms with Gasteiger partial charge < -0.3 is 10.1 Å². The number of carbonyl (C=O) groups excluding carboxylic acids is 1. The summed E-state index contributed by atoms with van der Waals surface area (Å²) in [5.74, 6) is -0.248. The maximum Gasteiger partial charge on any atom is 0.250 e. The zero-order valence-electron chi connectivity index (χ0n) is 8.00. The summed E-state index contributed by atoms with van der Waals surface area (Å²) in [7, 11) is 1.45. The van der Waals surface area contributed by atoms with E-state index in [-0.39, 0.29) is 17.7 Å². The van der Waals surface area contributed by atoms with Gasteiger partial charge in [-0.2, -0.15) is 0 Å². The monoisotopic (exact) mass is 214 g/mol. The predicted molar refractivity (Wildman–Crippen MR) is 54.5 cm³/mol.